The number of aromatic amines is 1. The number of aryl methyl sites for hydroxylation is 1. The van der Waals surface area contributed by atoms with E-state index in [-0.39, 0.29) is 5.25 Å². The number of rotatable bonds is 3. The van der Waals surface area contributed by atoms with Gasteiger partial charge in [0.1, 0.15) is 16.7 Å². The normalized spacial score (nSPS) is 12.6. The van der Waals surface area contributed by atoms with Crippen molar-refractivity contribution in [2.24, 2.45) is 0 Å². The molecule has 114 valence electrons. The molecule has 1 atom stereocenters. The van der Waals surface area contributed by atoms with Crippen LogP contribution in [0.1, 0.15) is 22.3 Å². The number of benzene rings is 1. The Morgan fingerprint density at radius 2 is 1.91 bits per heavy atom. The maximum absolute atomic E-state index is 4.71. The van der Waals surface area contributed by atoms with E-state index in [1.807, 2.05) is 59.4 Å². The maximum Gasteiger partial charge on any atom is 0.139 e. The second-order valence-corrected chi connectivity index (χ2v) is 6.04. The molecule has 23 heavy (non-hydrogen) atoms. The smallest absolute Gasteiger partial charge is 0.139 e. The first-order valence-electron chi connectivity index (χ1n) is 7.45. The first kappa shape index (κ1) is 14.1. The summed E-state index contributed by atoms with van der Waals surface area (Å²) in [5.41, 5.74) is 4.98. The number of hydrogen-bond donors (Lipinski definition) is 2. The van der Waals surface area contributed by atoms with Crippen molar-refractivity contribution in [3.05, 3.63) is 78.1 Å². The zero-order chi connectivity index (χ0) is 15.8. The lowest BCUT2D eigenvalue weighted by molar-refractivity contribution is 0.977. The van der Waals surface area contributed by atoms with Gasteiger partial charge in [0.05, 0.1) is 11.4 Å². The Kier molecular flexibility index (Phi) is 3.42. The highest BCUT2D eigenvalue weighted by molar-refractivity contribution is 7.80. The van der Waals surface area contributed by atoms with Crippen molar-refractivity contribution in [3.63, 3.8) is 0 Å². The van der Waals surface area contributed by atoms with Crippen molar-refractivity contribution < 1.29 is 0 Å². The Morgan fingerprint density at radius 3 is 2.70 bits per heavy atom. The molecular weight excluding hydrogens is 304 g/mol. The number of thiol groups is 1. The summed E-state index contributed by atoms with van der Waals surface area (Å²) in [6.07, 6.45) is 5.91. The van der Waals surface area contributed by atoms with E-state index in [0.29, 0.717) is 0 Å². The number of H-pyrrole nitrogens is 1. The quantitative estimate of drug-likeness (QED) is 0.559. The minimum atomic E-state index is -0.188. The first-order chi connectivity index (χ1) is 11.2. The third kappa shape index (κ3) is 2.53. The summed E-state index contributed by atoms with van der Waals surface area (Å²) in [5.74, 6) is 0.799. The van der Waals surface area contributed by atoms with Crippen molar-refractivity contribution in [2.45, 2.75) is 12.2 Å². The van der Waals surface area contributed by atoms with Crippen LogP contribution in [0, 0.1) is 6.92 Å². The summed E-state index contributed by atoms with van der Waals surface area (Å²) in [5, 5.41) is -0.188. The van der Waals surface area contributed by atoms with Crippen molar-refractivity contribution in [3.8, 4) is 11.3 Å². The highest BCUT2D eigenvalue weighted by Gasteiger charge is 2.17. The van der Waals surface area contributed by atoms with Crippen molar-refractivity contribution in [1.29, 1.82) is 0 Å². The predicted molar refractivity (Wildman–Crippen MR) is 94.8 cm³/mol. The van der Waals surface area contributed by atoms with Crippen LogP contribution in [-0.4, -0.2) is 19.4 Å². The third-order valence-corrected chi connectivity index (χ3v) is 4.41. The molecule has 4 aromatic rings. The lowest BCUT2D eigenvalue weighted by Gasteiger charge is -2.03. The zero-order valence-corrected chi connectivity index (χ0v) is 13.5. The summed E-state index contributed by atoms with van der Waals surface area (Å²) in [7, 11) is 0. The fourth-order valence-electron chi connectivity index (χ4n) is 2.68. The summed E-state index contributed by atoms with van der Waals surface area (Å²) < 4.78 is 2.02. The Labute approximate surface area is 139 Å². The summed E-state index contributed by atoms with van der Waals surface area (Å²) in [6.45, 7) is 2.06. The minimum absolute atomic E-state index is 0.188. The molecule has 0 fully saturated rings. The van der Waals surface area contributed by atoms with Crippen LogP contribution in [-0.2, 0) is 0 Å². The van der Waals surface area contributed by atoms with Gasteiger partial charge in [-0.05, 0) is 18.6 Å². The van der Waals surface area contributed by atoms with Crippen molar-refractivity contribution >= 4 is 18.3 Å². The SMILES string of the molecule is Cc1cccn2cc(C(S)c3nc(-c4ccccc4)c[nH]3)nc12. The fourth-order valence-corrected chi connectivity index (χ4v) is 2.93. The van der Waals surface area contributed by atoms with E-state index < -0.39 is 0 Å². The zero-order valence-electron chi connectivity index (χ0n) is 12.6. The second kappa shape index (κ2) is 5.59. The molecule has 4 rings (SSSR count). The van der Waals surface area contributed by atoms with Crippen molar-refractivity contribution in [2.75, 3.05) is 0 Å². The van der Waals surface area contributed by atoms with Crippen LogP contribution < -0.4 is 0 Å². The van der Waals surface area contributed by atoms with Crippen LogP contribution >= 0.6 is 12.6 Å². The average Bonchev–Trinajstić information content (AvgIpc) is 3.23. The van der Waals surface area contributed by atoms with Gasteiger partial charge in [-0.15, -0.1) is 0 Å². The average molecular weight is 320 g/mol. The molecule has 0 amide bonds. The molecule has 0 aliphatic carbocycles. The molecule has 3 aromatic heterocycles. The minimum Gasteiger partial charge on any atom is -0.347 e. The first-order valence-corrected chi connectivity index (χ1v) is 7.97. The maximum atomic E-state index is 4.71. The third-order valence-electron chi connectivity index (χ3n) is 3.90. The molecule has 5 heteroatoms. The van der Waals surface area contributed by atoms with E-state index in [2.05, 4.69) is 23.0 Å². The standard InChI is InChI=1S/C18H16N4S/c1-12-6-5-9-22-11-15(21-18(12)22)16(23)17-19-10-14(20-17)13-7-3-2-4-8-13/h2-11,16,23H,1H3,(H,19,20). The Balaban J connectivity index is 1.70. The van der Waals surface area contributed by atoms with E-state index >= 15 is 0 Å². The van der Waals surface area contributed by atoms with Gasteiger partial charge >= 0.3 is 0 Å². The Bertz CT molecular complexity index is 955. The topological polar surface area (TPSA) is 46.0 Å². The highest BCUT2D eigenvalue weighted by Crippen LogP contribution is 2.28. The molecule has 0 saturated carbocycles. The lowest BCUT2D eigenvalue weighted by atomic mass is 10.2. The van der Waals surface area contributed by atoms with Crippen LogP contribution in [0.2, 0.25) is 0 Å². The molecule has 3 heterocycles. The highest BCUT2D eigenvalue weighted by atomic mass is 32.1. The van der Waals surface area contributed by atoms with Gasteiger partial charge in [-0.25, -0.2) is 9.97 Å². The number of aromatic nitrogens is 4. The lowest BCUT2D eigenvalue weighted by Crippen LogP contribution is -1.96. The van der Waals surface area contributed by atoms with Crippen LogP contribution in [0.5, 0.6) is 0 Å². The van der Waals surface area contributed by atoms with Crippen LogP contribution in [0.4, 0.5) is 0 Å². The number of fused-ring (bicyclic) bond motifs is 1. The molecule has 4 nitrogen and oxygen atoms in total. The van der Waals surface area contributed by atoms with E-state index in [1.165, 1.54) is 0 Å². The molecule has 0 aliphatic rings. The number of nitrogens with one attached hydrogen (secondary N) is 1. The summed E-state index contributed by atoms with van der Waals surface area (Å²) in [4.78, 5) is 12.6. The molecule has 1 aromatic carbocycles. The van der Waals surface area contributed by atoms with Gasteiger partial charge in [0.15, 0.2) is 0 Å². The second-order valence-electron chi connectivity index (χ2n) is 5.53. The Hall–Kier alpha value is -2.53. The molecule has 0 spiro atoms. The fraction of sp³-hybridized carbons (Fsp3) is 0.111. The van der Waals surface area contributed by atoms with Gasteiger partial charge in [0.25, 0.3) is 0 Å². The molecule has 1 unspecified atom stereocenters. The monoisotopic (exact) mass is 320 g/mol. The molecule has 0 saturated heterocycles. The van der Waals surface area contributed by atoms with Crippen molar-refractivity contribution in [1.82, 2.24) is 19.4 Å². The van der Waals surface area contributed by atoms with Crippen LogP contribution in [0.25, 0.3) is 16.9 Å². The van der Waals surface area contributed by atoms with Gasteiger partial charge in [-0.3, -0.25) is 0 Å². The van der Waals surface area contributed by atoms with E-state index in [9.17, 15) is 0 Å². The van der Waals surface area contributed by atoms with Gasteiger partial charge in [0, 0.05) is 24.2 Å². The number of pyridine rings is 1. The van der Waals surface area contributed by atoms with Gasteiger partial charge < -0.3 is 9.38 Å². The number of imidazole rings is 2. The molecular formula is C18H16N4S. The molecule has 1 N–H and O–H groups in total. The molecule has 0 radical (unpaired) electrons. The van der Waals surface area contributed by atoms with Gasteiger partial charge in [0.2, 0.25) is 0 Å². The summed E-state index contributed by atoms with van der Waals surface area (Å²) in [6, 6.07) is 14.2. The molecule has 0 bridgehead atoms. The summed E-state index contributed by atoms with van der Waals surface area (Å²) >= 11 is 4.71. The Morgan fingerprint density at radius 1 is 1.09 bits per heavy atom. The molecule has 0 aliphatic heterocycles. The van der Waals surface area contributed by atoms with E-state index in [1.54, 1.807) is 0 Å². The van der Waals surface area contributed by atoms with Crippen LogP contribution in [0.3, 0.4) is 0 Å². The van der Waals surface area contributed by atoms with E-state index in [0.717, 1.165) is 34.0 Å². The number of nitrogens with zero attached hydrogens (tertiary/aromatic N) is 3. The predicted octanol–water partition coefficient (Wildman–Crippen LogP) is 4.05. The van der Waals surface area contributed by atoms with Crippen LogP contribution in [0.15, 0.2) is 61.1 Å². The van der Waals surface area contributed by atoms with Gasteiger partial charge in [-0.2, -0.15) is 12.6 Å². The van der Waals surface area contributed by atoms with Gasteiger partial charge in [-0.1, -0.05) is 36.4 Å². The largest absolute Gasteiger partial charge is 0.347 e. The van der Waals surface area contributed by atoms with E-state index in [4.69, 9.17) is 17.6 Å². The number of hydrogen-bond acceptors (Lipinski definition) is 3.